The molecule has 2 aromatic carbocycles. The molecular weight excluding hydrogens is 350 g/mol. The van der Waals surface area contributed by atoms with Crippen LogP contribution in [0.5, 0.6) is 5.75 Å². The Hall–Kier alpha value is -2.89. The number of aromatic nitrogens is 1. The highest BCUT2D eigenvalue weighted by molar-refractivity contribution is 5.56. The van der Waals surface area contributed by atoms with E-state index in [4.69, 9.17) is 0 Å². The molecule has 1 saturated heterocycles. The summed E-state index contributed by atoms with van der Waals surface area (Å²) in [6, 6.07) is 19.3. The quantitative estimate of drug-likeness (QED) is 0.717. The number of aliphatic hydroxyl groups is 1. The minimum atomic E-state index is -0.691. The summed E-state index contributed by atoms with van der Waals surface area (Å²) in [5, 5.41) is 20.9. The molecular formula is C23H25N3O2. The summed E-state index contributed by atoms with van der Waals surface area (Å²) in [5.74, 6) is 0.356. The molecule has 1 unspecified atom stereocenters. The smallest absolute Gasteiger partial charge is 0.120 e. The lowest BCUT2D eigenvalue weighted by Crippen LogP contribution is -2.46. The molecule has 5 nitrogen and oxygen atoms in total. The Morgan fingerprint density at radius 3 is 2.39 bits per heavy atom. The topological polar surface area (TPSA) is 59.8 Å². The van der Waals surface area contributed by atoms with Gasteiger partial charge in [-0.1, -0.05) is 42.5 Å². The van der Waals surface area contributed by atoms with Gasteiger partial charge < -0.3 is 15.1 Å². The highest BCUT2D eigenvalue weighted by atomic mass is 16.3. The summed E-state index contributed by atoms with van der Waals surface area (Å²) >= 11 is 0. The molecule has 28 heavy (non-hydrogen) atoms. The first-order valence-corrected chi connectivity index (χ1v) is 9.63. The fourth-order valence-electron chi connectivity index (χ4n) is 3.76. The van der Waals surface area contributed by atoms with E-state index in [1.807, 2.05) is 48.5 Å². The molecule has 144 valence electrons. The van der Waals surface area contributed by atoms with E-state index in [1.165, 1.54) is 0 Å². The van der Waals surface area contributed by atoms with Gasteiger partial charge in [0.1, 0.15) is 11.9 Å². The molecule has 0 saturated carbocycles. The summed E-state index contributed by atoms with van der Waals surface area (Å²) in [6.45, 7) is 4.33. The van der Waals surface area contributed by atoms with E-state index in [0.717, 1.165) is 55.1 Å². The van der Waals surface area contributed by atoms with E-state index in [-0.39, 0.29) is 0 Å². The van der Waals surface area contributed by atoms with E-state index in [1.54, 1.807) is 18.5 Å². The van der Waals surface area contributed by atoms with Crippen molar-refractivity contribution in [3.8, 4) is 5.75 Å². The molecule has 4 rings (SSSR count). The fourth-order valence-corrected chi connectivity index (χ4v) is 3.76. The van der Waals surface area contributed by atoms with Crippen molar-refractivity contribution in [1.29, 1.82) is 0 Å². The third kappa shape index (κ3) is 4.01. The number of piperazine rings is 1. The van der Waals surface area contributed by atoms with Crippen LogP contribution in [0.2, 0.25) is 0 Å². The molecule has 0 amide bonds. The van der Waals surface area contributed by atoms with Crippen molar-refractivity contribution < 1.29 is 10.2 Å². The maximum atomic E-state index is 10.9. The van der Waals surface area contributed by atoms with Crippen LogP contribution in [0.15, 0.2) is 73.1 Å². The number of aromatic hydroxyl groups is 1. The SMILES string of the molecule is Oc1ccccc1CN1CCN(c2ccccc2C(O)c2cccnc2)CC1. The molecule has 2 N–H and O–H groups in total. The van der Waals surface area contributed by atoms with Gasteiger partial charge in [0.05, 0.1) is 0 Å². The van der Waals surface area contributed by atoms with Crippen LogP contribution in [-0.4, -0.2) is 46.3 Å². The lowest BCUT2D eigenvalue weighted by Gasteiger charge is -2.37. The number of hydrogen-bond donors (Lipinski definition) is 2. The van der Waals surface area contributed by atoms with Gasteiger partial charge in [-0.15, -0.1) is 0 Å². The molecule has 1 aromatic heterocycles. The zero-order chi connectivity index (χ0) is 19.3. The Bertz CT molecular complexity index is 908. The van der Waals surface area contributed by atoms with Crippen LogP contribution in [0.3, 0.4) is 0 Å². The number of benzene rings is 2. The molecule has 3 aromatic rings. The second-order valence-corrected chi connectivity index (χ2v) is 7.14. The molecule has 1 aliphatic heterocycles. The van der Waals surface area contributed by atoms with Crippen molar-refractivity contribution >= 4 is 5.69 Å². The third-order valence-electron chi connectivity index (χ3n) is 5.33. The molecule has 1 atom stereocenters. The highest BCUT2D eigenvalue weighted by Gasteiger charge is 2.22. The van der Waals surface area contributed by atoms with E-state index in [0.29, 0.717) is 5.75 Å². The number of para-hydroxylation sites is 2. The van der Waals surface area contributed by atoms with Crippen molar-refractivity contribution in [1.82, 2.24) is 9.88 Å². The van der Waals surface area contributed by atoms with Gasteiger partial charge in [-0.25, -0.2) is 0 Å². The molecule has 0 bridgehead atoms. The van der Waals surface area contributed by atoms with Gasteiger partial charge in [0.2, 0.25) is 0 Å². The third-order valence-corrected chi connectivity index (χ3v) is 5.33. The van der Waals surface area contributed by atoms with Crippen LogP contribution in [0.1, 0.15) is 22.8 Å². The van der Waals surface area contributed by atoms with Gasteiger partial charge in [-0.05, 0) is 18.2 Å². The monoisotopic (exact) mass is 375 g/mol. The highest BCUT2D eigenvalue weighted by Crippen LogP contribution is 2.31. The Morgan fingerprint density at radius 1 is 0.893 bits per heavy atom. The zero-order valence-electron chi connectivity index (χ0n) is 15.8. The summed E-state index contributed by atoms with van der Waals surface area (Å²) in [6.07, 6.45) is 2.74. The van der Waals surface area contributed by atoms with E-state index in [2.05, 4.69) is 20.9 Å². The lowest BCUT2D eigenvalue weighted by atomic mass is 10.00. The van der Waals surface area contributed by atoms with Crippen molar-refractivity contribution in [3.05, 3.63) is 89.7 Å². The minimum Gasteiger partial charge on any atom is -0.508 e. The lowest BCUT2D eigenvalue weighted by molar-refractivity contribution is 0.218. The van der Waals surface area contributed by atoms with Crippen LogP contribution >= 0.6 is 0 Å². The molecule has 0 spiro atoms. The predicted octanol–water partition coefficient (Wildman–Crippen LogP) is 3.19. The molecule has 0 radical (unpaired) electrons. The van der Waals surface area contributed by atoms with E-state index < -0.39 is 6.10 Å². The first kappa shape index (κ1) is 18.5. The number of hydrogen-bond acceptors (Lipinski definition) is 5. The maximum Gasteiger partial charge on any atom is 0.120 e. The minimum absolute atomic E-state index is 0.356. The van der Waals surface area contributed by atoms with Crippen molar-refractivity contribution in [2.45, 2.75) is 12.6 Å². The van der Waals surface area contributed by atoms with Crippen LogP contribution < -0.4 is 4.90 Å². The average Bonchev–Trinajstić information content (AvgIpc) is 2.76. The summed E-state index contributed by atoms with van der Waals surface area (Å²) in [5.41, 5.74) is 3.74. The number of aliphatic hydroxyl groups excluding tert-OH is 1. The van der Waals surface area contributed by atoms with Crippen molar-refractivity contribution in [3.63, 3.8) is 0 Å². The first-order valence-electron chi connectivity index (χ1n) is 9.63. The largest absolute Gasteiger partial charge is 0.508 e. The van der Waals surface area contributed by atoms with Crippen LogP contribution in [0, 0.1) is 0 Å². The van der Waals surface area contributed by atoms with Gasteiger partial charge >= 0.3 is 0 Å². The van der Waals surface area contributed by atoms with Crippen LogP contribution in [0.4, 0.5) is 5.69 Å². The molecule has 1 fully saturated rings. The predicted molar refractivity (Wildman–Crippen MR) is 110 cm³/mol. The van der Waals surface area contributed by atoms with Gasteiger partial charge in [0, 0.05) is 67.5 Å². The first-order chi connectivity index (χ1) is 13.7. The Kier molecular flexibility index (Phi) is 5.55. The zero-order valence-corrected chi connectivity index (χ0v) is 15.8. The average molecular weight is 375 g/mol. The molecule has 1 aliphatic rings. The summed E-state index contributed by atoms with van der Waals surface area (Å²) in [7, 11) is 0. The van der Waals surface area contributed by atoms with Gasteiger partial charge in [-0.3, -0.25) is 9.88 Å². The number of phenols is 1. The molecule has 0 aliphatic carbocycles. The Morgan fingerprint density at radius 2 is 1.64 bits per heavy atom. The van der Waals surface area contributed by atoms with Crippen LogP contribution in [0.25, 0.3) is 0 Å². The normalized spacial score (nSPS) is 16.1. The van der Waals surface area contributed by atoms with Crippen molar-refractivity contribution in [2.75, 3.05) is 31.1 Å². The van der Waals surface area contributed by atoms with Gasteiger partial charge in [0.15, 0.2) is 0 Å². The number of phenolic OH excluding ortho intramolecular Hbond substituents is 1. The summed E-state index contributed by atoms with van der Waals surface area (Å²) < 4.78 is 0. The number of nitrogens with zero attached hydrogens (tertiary/aromatic N) is 3. The van der Waals surface area contributed by atoms with Crippen LogP contribution in [-0.2, 0) is 6.54 Å². The van der Waals surface area contributed by atoms with Gasteiger partial charge in [0.25, 0.3) is 0 Å². The second kappa shape index (κ2) is 8.42. The number of rotatable bonds is 5. The molecule has 5 heteroatoms. The fraction of sp³-hybridized carbons (Fsp3) is 0.261. The van der Waals surface area contributed by atoms with E-state index in [9.17, 15) is 10.2 Å². The number of pyridine rings is 1. The maximum absolute atomic E-state index is 10.9. The van der Waals surface area contributed by atoms with Gasteiger partial charge in [-0.2, -0.15) is 0 Å². The summed E-state index contributed by atoms with van der Waals surface area (Å²) in [4.78, 5) is 8.81. The standard InChI is InChI=1S/C23H25N3O2/c27-22-10-4-1-6-19(22)17-25-12-14-26(15-13-25)21-9-3-2-8-20(21)23(28)18-7-5-11-24-16-18/h1-11,16,23,27-28H,12-15,17H2. The molecule has 2 heterocycles. The number of anilines is 1. The second-order valence-electron chi connectivity index (χ2n) is 7.14. The van der Waals surface area contributed by atoms with Crippen molar-refractivity contribution in [2.24, 2.45) is 0 Å². The Balaban J connectivity index is 1.46. The Labute approximate surface area is 165 Å². The van der Waals surface area contributed by atoms with E-state index >= 15 is 0 Å².